The summed E-state index contributed by atoms with van der Waals surface area (Å²) in [6.07, 6.45) is 2.80. The average Bonchev–Trinajstić information content (AvgIpc) is 2.87. The predicted octanol–water partition coefficient (Wildman–Crippen LogP) is 2.17. The lowest BCUT2D eigenvalue weighted by molar-refractivity contribution is 0.0324. The molecule has 0 aliphatic heterocycles. The molecular formula is C17H20N2O. The normalized spacial score (nSPS) is 17.8. The van der Waals surface area contributed by atoms with Gasteiger partial charge in [0.25, 0.3) is 0 Å². The summed E-state index contributed by atoms with van der Waals surface area (Å²) in [6.45, 7) is 2.45. The summed E-state index contributed by atoms with van der Waals surface area (Å²) in [5, 5.41) is 10.8. The van der Waals surface area contributed by atoms with Gasteiger partial charge in [0.2, 0.25) is 0 Å². The quantitative estimate of drug-likeness (QED) is 0.897. The maximum atomic E-state index is 10.8. The largest absolute Gasteiger partial charge is 0.386 e. The zero-order chi connectivity index (χ0) is 14.2. The van der Waals surface area contributed by atoms with Gasteiger partial charge in [-0.2, -0.15) is 0 Å². The fraction of sp³-hybridized carbons (Fsp3) is 0.353. The minimum Gasteiger partial charge on any atom is -0.386 e. The van der Waals surface area contributed by atoms with Gasteiger partial charge in [-0.1, -0.05) is 30.3 Å². The number of hydrogen-bond acceptors (Lipinski definition) is 3. The molecule has 0 amide bonds. The second-order valence-corrected chi connectivity index (χ2v) is 5.85. The van der Waals surface area contributed by atoms with E-state index in [9.17, 15) is 5.11 Å². The van der Waals surface area contributed by atoms with Crippen LogP contribution >= 0.6 is 0 Å². The van der Waals surface area contributed by atoms with Crippen LogP contribution in [0.1, 0.15) is 28.5 Å². The lowest BCUT2D eigenvalue weighted by Crippen LogP contribution is -2.38. The highest BCUT2D eigenvalue weighted by atomic mass is 16.3. The van der Waals surface area contributed by atoms with E-state index in [1.54, 1.807) is 6.20 Å². The molecule has 1 aliphatic rings. The number of fused-ring (bicyclic) bond motifs is 1. The molecule has 1 aromatic heterocycles. The van der Waals surface area contributed by atoms with Crippen LogP contribution in [0.2, 0.25) is 0 Å². The molecule has 0 saturated heterocycles. The molecule has 1 atom stereocenters. The molecule has 0 saturated carbocycles. The van der Waals surface area contributed by atoms with Crippen molar-refractivity contribution < 1.29 is 5.11 Å². The van der Waals surface area contributed by atoms with E-state index in [1.807, 2.05) is 31.2 Å². The standard InChI is InChI=1S/C17H20N2O/c1-12-6-7-15(19-10-12)16(20)17(11-18)8-13-4-2-3-5-14(13)9-17/h2-7,10,16,20H,8-9,11,18H2,1H3. The van der Waals surface area contributed by atoms with E-state index in [4.69, 9.17) is 5.73 Å². The molecule has 3 rings (SSSR count). The van der Waals surface area contributed by atoms with Crippen molar-refractivity contribution in [1.29, 1.82) is 0 Å². The highest BCUT2D eigenvalue weighted by Gasteiger charge is 2.43. The number of aliphatic hydroxyl groups excluding tert-OH is 1. The molecule has 1 unspecified atom stereocenters. The van der Waals surface area contributed by atoms with Crippen LogP contribution in [0.25, 0.3) is 0 Å². The molecule has 3 heteroatoms. The van der Waals surface area contributed by atoms with Gasteiger partial charge in [0.05, 0.1) is 5.69 Å². The Morgan fingerprint density at radius 1 is 1.20 bits per heavy atom. The topological polar surface area (TPSA) is 59.1 Å². The number of aromatic nitrogens is 1. The Morgan fingerprint density at radius 2 is 1.85 bits per heavy atom. The first kappa shape index (κ1) is 13.3. The lowest BCUT2D eigenvalue weighted by atomic mass is 9.77. The fourth-order valence-electron chi connectivity index (χ4n) is 3.13. The lowest BCUT2D eigenvalue weighted by Gasteiger charge is -2.32. The molecule has 1 aromatic carbocycles. The number of nitrogens with zero attached hydrogens (tertiary/aromatic N) is 1. The van der Waals surface area contributed by atoms with Crippen molar-refractivity contribution in [2.75, 3.05) is 6.54 Å². The van der Waals surface area contributed by atoms with Crippen molar-refractivity contribution in [3.8, 4) is 0 Å². The number of aliphatic hydroxyl groups is 1. The van der Waals surface area contributed by atoms with E-state index in [-0.39, 0.29) is 5.41 Å². The SMILES string of the molecule is Cc1ccc(C(O)C2(CN)Cc3ccccc3C2)nc1. The van der Waals surface area contributed by atoms with Gasteiger partial charge in [-0.15, -0.1) is 0 Å². The van der Waals surface area contributed by atoms with Crippen LogP contribution in [0, 0.1) is 12.3 Å². The van der Waals surface area contributed by atoms with Gasteiger partial charge >= 0.3 is 0 Å². The zero-order valence-electron chi connectivity index (χ0n) is 11.7. The van der Waals surface area contributed by atoms with E-state index in [0.717, 1.165) is 18.4 Å². The van der Waals surface area contributed by atoms with Crippen LogP contribution in [0.5, 0.6) is 0 Å². The highest BCUT2D eigenvalue weighted by molar-refractivity contribution is 5.36. The van der Waals surface area contributed by atoms with Gasteiger partial charge < -0.3 is 10.8 Å². The number of hydrogen-bond donors (Lipinski definition) is 2. The molecule has 1 heterocycles. The Morgan fingerprint density at radius 3 is 2.35 bits per heavy atom. The molecule has 3 N–H and O–H groups in total. The van der Waals surface area contributed by atoms with E-state index < -0.39 is 6.10 Å². The highest BCUT2D eigenvalue weighted by Crippen LogP contribution is 2.44. The third-order valence-electron chi connectivity index (χ3n) is 4.40. The summed E-state index contributed by atoms with van der Waals surface area (Å²) in [5.74, 6) is 0. The number of pyridine rings is 1. The Bertz CT molecular complexity index is 582. The van der Waals surface area contributed by atoms with Crippen molar-refractivity contribution in [2.24, 2.45) is 11.1 Å². The van der Waals surface area contributed by atoms with Gasteiger partial charge in [0.15, 0.2) is 0 Å². The molecule has 2 aromatic rings. The maximum absolute atomic E-state index is 10.8. The van der Waals surface area contributed by atoms with Gasteiger partial charge in [-0.25, -0.2) is 0 Å². The third kappa shape index (κ3) is 2.13. The first-order valence-electron chi connectivity index (χ1n) is 7.02. The van der Waals surface area contributed by atoms with Crippen molar-refractivity contribution >= 4 is 0 Å². The van der Waals surface area contributed by atoms with Crippen LogP contribution < -0.4 is 5.73 Å². The molecular weight excluding hydrogens is 248 g/mol. The van der Waals surface area contributed by atoms with Crippen molar-refractivity contribution in [3.05, 3.63) is 65.0 Å². The minimum absolute atomic E-state index is 0.327. The summed E-state index contributed by atoms with van der Waals surface area (Å²) >= 11 is 0. The average molecular weight is 268 g/mol. The van der Waals surface area contributed by atoms with Crippen molar-refractivity contribution in [3.63, 3.8) is 0 Å². The van der Waals surface area contributed by atoms with Gasteiger partial charge in [-0.05, 0) is 42.5 Å². The summed E-state index contributed by atoms with van der Waals surface area (Å²) in [6, 6.07) is 12.2. The van der Waals surface area contributed by atoms with Crippen LogP contribution in [-0.2, 0) is 12.8 Å². The third-order valence-corrected chi connectivity index (χ3v) is 4.40. The molecule has 0 fully saturated rings. The Balaban J connectivity index is 1.93. The molecule has 104 valence electrons. The van der Waals surface area contributed by atoms with E-state index in [0.29, 0.717) is 12.2 Å². The fourth-order valence-corrected chi connectivity index (χ4v) is 3.13. The second-order valence-electron chi connectivity index (χ2n) is 5.85. The number of benzene rings is 1. The summed E-state index contributed by atoms with van der Waals surface area (Å²) < 4.78 is 0. The summed E-state index contributed by atoms with van der Waals surface area (Å²) in [5.41, 5.74) is 10.1. The first-order valence-corrected chi connectivity index (χ1v) is 7.02. The Labute approximate surface area is 119 Å². The zero-order valence-corrected chi connectivity index (χ0v) is 11.7. The second kappa shape index (κ2) is 5.00. The predicted molar refractivity (Wildman–Crippen MR) is 79.3 cm³/mol. The first-order chi connectivity index (χ1) is 9.64. The molecule has 1 aliphatic carbocycles. The van der Waals surface area contributed by atoms with Crippen LogP contribution in [0.3, 0.4) is 0 Å². The van der Waals surface area contributed by atoms with Gasteiger partial charge in [0.1, 0.15) is 6.10 Å². The van der Waals surface area contributed by atoms with Crippen molar-refractivity contribution in [1.82, 2.24) is 4.98 Å². The van der Waals surface area contributed by atoms with Crippen LogP contribution in [0.15, 0.2) is 42.6 Å². The molecule has 0 radical (unpaired) electrons. The number of rotatable bonds is 3. The van der Waals surface area contributed by atoms with Crippen LogP contribution in [0.4, 0.5) is 0 Å². The molecule has 0 spiro atoms. The van der Waals surface area contributed by atoms with Gasteiger partial charge in [0, 0.05) is 18.2 Å². The number of aryl methyl sites for hydroxylation is 1. The summed E-state index contributed by atoms with van der Waals surface area (Å²) in [7, 11) is 0. The Hall–Kier alpha value is -1.71. The molecule has 0 bridgehead atoms. The monoisotopic (exact) mass is 268 g/mol. The smallest absolute Gasteiger partial charge is 0.103 e. The van der Waals surface area contributed by atoms with Crippen LogP contribution in [-0.4, -0.2) is 16.6 Å². The van der Waals surface area contributed by atoms with E-state index in [1.165, 1.54) is 11.1 Å². The van der Waals surface area contributed by atoms with E-state index in [2.05, 4.69) is 17.1 Å². The summed E-state index contributed by atoms with van der Waals surface area (Å²) in [4.78, 5) is 4.37. The van der Waals surface area contributed by atoms with E-state index >= 15 is 0 Å². The van der Waals surface area contributed by atoms with Crippen molar-refractivity contribution in [2.45, 2.75) is 25.9 Å². The molecule has 20 heavy (non-hydrogen) atoms. The molecule has 3 nitrogen and oxygen atoms in total. The maximum Gasteiger partial charge on any atom is 0.103 e. The minimum atomic E-state index is -0.625. The van der Waals surface area contributed by atoms with Gasteiger partial charge in [-0.3, -0.25) is 4.98 Å². The number of nitrogens with two attached hydrogens (primary N) is 1. The Kier molecular flexibility index (Phi) is 3.32.